The van der Waals surface area contributed by atoms with Crippen LogP contribution in [0.15, 0.2) is 12.1 Å². The number of aryl methyl sites for hydroxylation is 1. The predicted octanol–water partition coefficient (Wildman–Crippen LogP) is 3.03. The standard InChI is InChI=1S/C15H20FN3O/c1-10-8-14-13(9-12(10)16)18-15(17)19(14)6-7-20-11-4-2-3-5-11/h8-9,11H,2-7H2,1H3,(H2,17,18). The van der Waals surface area contributed by atoms with Gasteiger partial charge in [-0.05, 0) is 31.4 Å². The van der Waals surface area contributed by atoms with Crippen LogP contribution in [0.5, 0.6) is 0 Å². The molecule has 1 aromatic heterocycles. The molecule has 108 valence electrons. The van der Waals surface area contributed by atoms with Gasteiger partial charge in [0.1, 0.15) is 5.82 Å². The zero-order valence-electron chi connectivity index (χ0n) is 11.7. The van der Waals surface area contributed by atoms with Crippen molar-refractivity contribution in [3.63, 3.8) is 0 Å². The molecule has 1 heterocycles. The van der Waals surface area contributed by atoms with Gasteiger partial charge in [0.05, 0.1) is 23.7 Å². The molecule has 0 atom stereocenters. The van der Waals surface area contributed by atoms with Crippen LogP contribution in [0.1, 0.15) is 31.2 Å². The van der Waals surface area contributed by atoms with Crippen molar-refractivity contribution in [1.82, 2.24) is 9.55 Å². The third kappa shape index (κ3) is 2.50. The van der Waals surface area contributed by atoms with Crippen LogP contribution in [0.3, 0.4) is 0 Å². The molecule has 0 radical (unpaired) electrons. The summed E-state index contributed by atoms with van der Waals surface area (Å²) in [6.45, 7) is 3.03. The molecule has 1 fully saturated rings. The molecule has 3 rings (SSSR count). The third-order valence-corrected chi connectivity index (χ3v) is 4.03. The molecule has 1 aromatic carbocycles. The first kappa shape index (κ1) is 13.4. The Bertz CT molecular complexity index is 617. The largest absolute Gasteiger partial charge is 0.376 e. The van der Waals surface area contributed by atoms with Crippen molar-refractivity contribution in [3.05, 3.63) is 23.5 Å². The number of aromatic nitrogens is 2. The van der Waals surface area contributed by atoms with Crippen LogP contribution in [0.2, 0.25) is 0 Å². The highest BCUT2D eigenvalue weighted by Gasteiger charge is 2.16. The van der Waals surface area contributed by atoms with Gasteiger partial charge in [0.25, 0.3) is 0 Å². The summed E-state index contributed by atoms with van der Waals surface area (Å²) in [4.78, 5) is 4.21. The van der Waals surface area contributed by atoms with Gasteiger partial charge in [-0.1, -0.05) is 12.8 Å². The molecule has 1 aliphatic rings. The van der Waals surface area contributed by atoms with E-state index in [1.165, 1.54) is 18.9 Å². The molecule has 4 nitrogen and oxygen atoms in total. The van der Waals surface area contributed by atoms with Crippen molar-refractivity contribution >= 4 is 17.0 Å². The van der Waals surface area contributed by atoms with Crippen LogP contribution in [-0.4, -0.2) is 22.3 Å². The number of nitrogens with zero attached hydrogens (tertiary/aromatic N) is 2. The van der Waals surface area contributed by atoms with Crippen molar-refractivity contribution in [2.75, 3.05) is 12.3 Å². The maximum atomic E-state index is 13.5. The Labute approximate surface area is 117 Å². The lowest BCUT2D eigenvalue weighted by atomic mass is 10.2. The molecule has 0 aliphatic heterocycles. The number of anilines is 1. The van der Waals surface area contributed by atoms with Gasteiger partial charge < -0.3 is 15.0 Å². The minimum absolute atomic E-state index is 0.246. The molecule has 0 amide bonds. The topological polar surface area (TPSA) is 53.1 Å². The maximum Gasteiger partial charge on any atom is 0.201 e. The average Bonchev–Trinajstić information content (AvgIpc) is 3.01. The Kier molecular flexibility index (Phi) is 3.61. The third-order valence-electron chi connectivity index (χ3n) is 4.03. The van der Waals surface area contributed by atoms with E-state index in [1.807, 2.05) is 4.57 Å². The molecule has 2 aromatic rings. The van der Waals surface area contributed by atoms with E-state index >= 15 is 0 Å². The number of ether oxygens (including phenoxy) is 1. The van der Waals surface area contributed by atoms with Crippen molar-refractivity contribution < 1.29 is 9.13 Å². The summed E-state index contributed by atoms with van der Waals surface area (Å²) in [5.41, 5.74) is 8.00. The van der Waals surface area contributed by atoms with Gasteiger partial charge in [0, 0.05) is 12.6 Å². The number of benzene rings is 1. The highest BCUT2D eigenvalue weighted by Crippen LogP contribution is 2.23. The summed E-state index contributed by atoms with van der Waals surface area (Å²) in [6, 6.07) is 3.24. The lowest BCUT2D eigenvalue weighted by molar-refractivity contribution is 0.0537. The van der Waals surface area contributed by atoms with Crippen LogP contribution in [0.25, 0.3) is 11.0 Å². The molecule has 0 spiro atoms. The Hall–Kier alpha value is -1.62. The highest BCUT2D eigenvalue weighted by atomic mass is 19.1. The van der Waals surface area contributed by atoms with Crippen molar-refractivity contribution in [1.29, 1.82) is 0 Å². The molecule has 0 unspecified atom stereocenters. The average molecular weight is 277 g/mol. The van der Waals surface area contributed by atoms with E-state index in [2.05, 4.69) is 4.98 Å². The zero-order chi connectivity index (χ0) is 14.1. The number of imidazole rings is 1. The Morgan fingerprint density at radius 1 is 1.40 bits per heavy atom. The van der Waals surface area contributed by atoms with Gasteiger partial charge in [-0.15, -0.1) is 0 Å². The minimum Gasteiger partial charge on any atom is -0.376 e. The smallest absolute Gasteiger partial charge is 0.201 e. The summed E-state index contributed by atoms with van der Waals surface area (Å²) >= 11 is 0. The van der Waals surface area contributed by atoms with E-state index in [0.717, 1.165) is 18.4 Å². The van der Waals surface area contributed by atoms with Gasteiger partial charge in [0.2, 0.25) is 5.95 Å². The second-order valence-corrected chi connectivity index (χ2v) is 5.49. The van der Waals surface area contributed by atoms with Gasteiger partial charge in [0.15, 0.2) is 0 Å². The van der Waals surface area contributed by atoms with E-state index in [1.54, 1.807) is 13.0 Å². The van der Waals surface area contributed by atoms with Gasteiger partial charge in [-0.25, -0.2) is 9.37 Å². The summed E-state index contributed by atoms with van der Waals surface area (Å²) in [5, 5.41) is 0. The first-order valence-corrected chi connectivity index (χ1v) is 7.18. The fraction of sp³-hybridized carbons (Fsp3) is 0.533. The van der Waals surface area contributed by atoms with Crippen molar-refractivity contribution in [2.24, 2.45) is 0 Å². The summed E-state index contributed by atoms with van der Waals surface area (Å²) in [5.74, 6) is 0.171. The second kappa shape index (κ2) is 5.40. The van der Waals surface area contributed by atoms with E-state index in [4.69, 9.17) is 10.5 Å². The van der Waals surface area contributed by atoms with Gasteiger partial charge >= 0.3 is 0 Å². The number of fused-ring (bicyclic) bond motifs is 1. The van der Waals surface area contributed by atoms with Crippen LogP contribution in [-0.2, 0) is 11.3 Å². The van der Waals surface area contributed by atoms with E-state index in [-0.39, 0.29) is 5.82 Å². The Morgan fingerprint density at radius 2 is 2.15 bits per heavy atom. The Morgan fingerprint density at radius 3 is 2.90 bits per heavy atom. The van der Waals surface area contributed by atoms with E-state index < -0.39 is 0 Å². The SMILES string of the molecule is Cc1cc2c(cc1F)nc(N)n2CCOC1CCCC1. The number of hydrogen-bond acceptors (Lipinski definition) is 3. The first-order chi connectivity index (χ1) is 9.65. The number of nitrogens with two attached hydrogens (primary N) is 1. The molecular formula is C15H20FN3O. The fourth-order valence-electron chi connectivity index (χ4n) is 2.87. The molecule has 20 heavy (non-hydrogen) atoms. The van der Waals surface area contributed by atoms with E-state index in [0.29, 0.717) is 36.3 Å². The van der Waals surface area contributed by atoms with Crippen molar-refractivity contribution in [3.8, 4) is 0 Å². The predicted molar refractivity (Wildman–Crippen MR) is 77.0 cm³/mol. The molecule has 0 saturated heterocycles. The highest BCUT2D eigenvalue weighted by molar-refractivity contribution is 5.79. The van der Waals surface area contributed by atoms with E-state index in [9.17, 15) is 4.39 Å². The number of halogens is 1. The molecule has 1 aliphatic carbocycles. The fourth-order valence-corrected chi connectivity index (χ4v) is 2.87. The monoisotopic (exact) mass is 277 g/mol. The lowest BCUT2D eigenvalue weighted by Crippen LogP contribution is -2.14. The zero-order valence-corrected chi connectivity index (χ0v) is 11.7. The molecular weight excluding hydrogens is 257 g/mol. The Balaban J connectivity index is 1.76. The molecule has 0 bridgehead atoms. The number of nitrogen functional groups attached to an aromatic ring is 1. The summed E-state index contributed by atoms with van der Waals surface area (Å²) in [6.07, 6.45) is 5.23. The van der Waals surface area contributed by atoms with Crippen LogP contribution in [0, 0.1) is 12.7 Å². The quantitative estimate of drug-likeness (QED) is 0.934. The number of hydrogen-bond donors (Lipinski definition) is 1. The van der Waals surface area contributed by atoms with Gasteiger partial charge in [-0.2, -0.15) is 0 Å². The van der Waals surface area contributed by atoms with Crippen molar-refractivity contribution in [2.45, 2.75) is 45.3 Å². The van der Waals surface area contributed by atoms with Crippen LogP contribution >= 0.6 is 0 Å². The normalized spacial score (nSPS) is 16.3. The maximum absolute atomic E-state index is 13.5. The second-order valence-electron chi connectivity index (χ2n) is 5.49. The molecule has 5 heteroatoms. The molecule has 1 saturated carbocycles. The molecule has 2 N–H and O–H groups in total. The summed E-state index contributed by atoms with van der Waals surface area (Å²) < 4.78 is 21.3. The lowest BCUT2D eigenvalue weighted by Gasteiger charge is -2.12. The first-order valence-electron chi connectivity index (χ1n) is 7.18. The van der Waals surface area contributed by atoms with Crippen LogP contribution in [0.4, 0.5) is 10.3 Å². The van der Waals surface area contributed by atoms with Crippen LogP contribution < -0.4 is 5.73 Å². The van der Waals surface area contributed by atoms with Gasteiger partial charge in [-0.3, -0.25) is 0 Å². The number of rotatable bonds is 4. The minimum atomic E-state index is -0.246. The summed E-state index contributed by atoms with van der Waals surface area (Å²) in [7, 11) is 0.